The Morgan fingerprint density at radius 3 is 2.37 bits per heavy atom. The van der Waals surface area contributed by atoms with Crippen molar-refractivity contribution in [3.63, 3.8) is 0 Å². The van der Waals surface area contributed by atoms with Gasteiger partial charge < -0.3 is 4.55 Å². The third kappa shape index (κ3) is 2.51. The summed E-state index contributed by atoms with van der Waals surface area (Å²) in [6, 6.07) is 22.5. The zero-order valence-corrected chi connectivity index (χ0v) is 14.9. The van der Waals surface area contributed by atoms with E-state index in [-0.39, 0.29) is 0 Å². The number of halogens is 1. The van der Waals surface area contributed by atoms with Gasteiger partial charge in [-0.05, 0) is 18.2 Å². The molecule has 0 saturated carbocycles. The predicted molar refractivity (Wildman–Crippen MR) is 106 cm³/mol. The van der Waals surface area contributed by atoms with Crippen molar-refractivity contribution in [1.82, 2.24) is 0 Å². The normalized spacial score (nSPS) is 13.3. The second-order valence-electron chi connectivity index (χ2n) is 6.74. The molecule has 0 atom stereocenters. The van der Waals surface area contributed by atoms with Crippen LogP contribution in [0.25, 0.3) is 49.2 Å². The van der Waals surface area contributed by atoms with Crippen molar-refractivity contribution in [3.05, 3.63) is 71.4 Å². The maximum atomic E-state index is 10.1. The van der Waals surface area contributed by atoms with Gasteiger partial charge in [-0.15, -0.1) is 3.89 Å². The van der Waals surface area contributed by atoms with Crippen LogP contribution in [0.15, 0.2) is 60.7 Å². The molecule has 0 bridgehead atoms. The molecule has 0 aromatic heterocycles. The van der Waals surface area contributed by atoms with Crippen molar-refractivity contribution in [2.24, 2.45) is 0 Å². The molecule has 0 radical (unpaired) electrons. The largest absolute Gasteiger partial charge is 0.722 e. The highest BCUT2D eigenvalue weighted by Crippen LogP contribution is 2.39. The number of hydrogen-bond donors (Lipinski definition) is 0. The van der Waals surface area contributed by atoms with Crippen LogP contribution in [0.3, 0.4) is 0 Å². The summed E-state index contributed by atoms with van der Waals surface area (Å²) in [5, 5.41) is 12.8. The Bertz CT molecular complexity index is 1520. The van der Waals surface area contributed by atoms with Gasteiger partial charge in [0, 0.05) is 45.3 Å². The maximum absolute atomic E-state index is 10.1. The fourth-order valence-corrected chi connectivity index (χ4v) is 4.39. The van der Waals surface area contributed by atoms with Crippen LogP contribution in [0.2, 0.25) is 0 Å². The lowest BCUT2D eigenvalue weighted by molar-refractivity contribution is 0.417. The summed E-state index contributed by atoms with van der Waals surface area (Å²) in [5.74, 6) is 0. The summed E-state index contributed by atoms with van der Waals surface area (Å²) in [4.78, 5) is 0. The van der Waals surface area contributed by atoms with Crippen molar-refractivity contribution in [3.8, 4) is 0 Å². The number of benzene rings is 4. The molecule has 3 nitrogen and oxygen atoms in total. The summed E-state index contributed by atoms with van der Waals surface area (Å²) in [5.41, 5.74) is 1.47. The summed E-state index contributed by atoms with van der Waals surface area (Å²) in [6.07, 6.45) is 3.46. The minimum absolute atomic E-state index is 1.04. The minimum Gasteiger partial charge on any atom is -0.722 e. The van der Waals surface area contributed by atoms with E-state index >= 15 is 0 Å². The highest BCUT2D eigenvalue weighted by molar-refractivity contribution is 7.80. The topological polar surface area (TPSA) is 57.2 Å². The van der Waals surface area contributed by atoms with Crippen LogP contribution < -0.4 is 5.22 Å². The van der Waals surface area contributed by atoms with Gasteiger partial charge in [0.05, 0.1) is 21.7 Å². The molecule has 1 aliphatic carbocycles. The Morgan fingerprint density at radius 1 is 0.889 bits per heavy atom. The molecule has 0 amide bonds. The Hall–Kier alpha value is -2.89. The molecule has 27 heavy (non-hydrogen) atoms. The first-order chi connectivity index (χ1) is 12.9. The molecular weight excluding hydrogens is 363 g/mol. The van der Waals surface area contributed by atoms with Crippen LogP contribution in [-0.4, -0.2) is 13.0 Å². The van der Waals surface area contributed by atoms with E-state index in [0.717, 1.165) is 6.42 Å². The highest BCUT2D eigenvalue weighted by atomic mass is 32.3. The molecule has 0 aliphatic heterocycles. The number of hydrogen-bond acceptors (Lipinski definition) is 3. The van der Waals surface area contributed by atoms with E-state index < -0.39 is 10.5 Å². The first kappa shape index (κ1) is 16.3. The Morgan fingerprint density at radius 2 is 1.59 bits per heavy atom. The van der Waals surface area contributed by atoms with Crippen LogP contribution in [0.4, 0.5) is 3.89 Å². The molecule has 0 heterocycles. The number of rotatable bonds is 0. The quantitative estimate of drug-likeness (QED) is 0.227. The van der Waals surface area contributed by atoms with Gasteiger partial charge >= 0.3 is 0 Å². The lowest BCUT2D eigenvalue weighted by atomic mass is 9.89. The number of fused-ring (bicyclic) bond motifs is 3. The highest BCUT2D eigenvalue weighted by Gasteiger charge is 2.24. The van der Waals surface area contributed by atoms with Gasteiger partial charge in [0.15, 0.2) is 0 Å². The monoisotopic (exact) mass is 376 g/mol. The molecule has 6 rings (SSSR count). The van der Waals surface area contributed by atoms with E-state index in [2.05, 4.69) is 66.7 Å². The van der Waals surface area contributed by atoms with Gasteiger partial charge in [0.25, 0.3) is 10.5 Å². The van der Waals surface area contributed by atoms with Crippen molar-refractivity contribution >= 4 is 59.7 Å². The Labute approximate surface area is 154 Å². The maximum Gasteiger partial charge on any atom is 0.255 e. The smallest absolute Gasteiger partial charge is 0.255 e. The van der Waals surface area contributed by atoms with Crippen molar-refractivity contribution < 1.29 is 16.9 Å². The third-order valence-corrected chi connectivity index (χ3v) is 5.29. The van der Waals surface area contributed by atoms with E-state index in [9.17, 15) is 3.89 Å². The third-order valence-electron chi connectivity index (χ3n) is 5.29. The molecule has 1 aliphatic rings. The second-order valence-corrected chi connectivity index (χ2v) is 7.52. The molecule has 132 valence electrons. The van der Waals surface area contributed by atoms with Gasteiger partial charge in [-0.25, -0.2) is 8.42 Å². The van der Waals surface area contributed by atoms with E-state index in [1.54, 1.807) is 0 Å². The Balaban J connectivity index is 0.000000288. The van der Waals surface area contributed by atoms with E-state index in [0.29, 0.717) is 0 Å². The van der Waals surface area contributed by atoms with E-state index in [1.165, 1.54) is 53.9 Å². The van der Waals surface area contributed by atoms with Crippen LogP contribution in [0.5, 0.6) is 0 Å². The van der Waals surface area contributed by atoms with Crippen LogP contribution in [0.1, 0.15) is 5.56 Å². The first-order valence-corrected chi connectivity index (χ1v) is 9.82. The van der Waals surface area contributed by atoms with Crippen LogP contribution >= 0.6 is 0 Å². The second kappa shape index (κ2) is 5.55. The molecule has 0 fully saturated rings. The van der Waals surface area contributed by atoms with Gasteiger partial charge in [0.2, 0.25) is 0 Å². The fourth-order valence-electron chi connectivity index (χ4n) is 4.39. The van der Waals surface area contributed by atoms with Crippen LogP contribution in [0, 0.1) is 0 Å². The zero-order valence-electron chi connectivity index (χ0n) is 14.1. The predicted octanol–water partition coefficient (Wildman–Crippen LogP) is 4.49. The first-order valence-electron chi connectivity index (χ1n) is 8.51. The van der Waals surface area contributed by atoms with Gasteiger partial charge in [-0.1, -0.05) is 36.4 Å². The molecule has 5 aromatic carbocycles. The van der Waals surface area contributed by atoms with E-state index in [4.69, 9.17) is 13.0 Å². The molecular formula is C22H13FO3S. The molecule has 5 heteroatoms. The summed E-state index contributed by atoms with van der Waals surface area (Å²) >= 11 is 0. The lowest BCUT2D eigenvalue weighted by Gasteiger charge is -2.07. The molecule has 0 unspecified atom stereocenters. The van der Waals surface area contributed by atoms with Gasteiger partial charge in [-0.3, -0.25) is 0 Å². The van der Waals surface area contributed by atoms with Crippen LogP contribution in [-0.2, 0) is 16.9 Å². The fraction of sp³-hybridized carbons (Fsp3) is 0.0455. The van der Waals surface area contributed by atoms with Gasteiger partial charge in [0.1, 0.15) is 5.39 Å². The van der Waals surface area contributed by atoms with E-state index in [1.807, 2.05) is 0 Å². The standard InChI is InChI=1S/C22H13.FHO3S/c1-2-7-17-16(6-1)18-11-10-14-9-8-13-4-3-5-15-12-19(17)22(18)21(14)20(13)15;1-5(2,3)4/h1-9,11-12H,10H2;(H,2,3,4)/q+1;/p-1. The lowest BCUT2D eigenvalue weighted by Crippen LogP contribution is -2.05. The SMILES string of the molecule is C1=c2c3ccccc3c3cc4cccc5cc[c+](c(c23)c54)C1.O=S(=O)([O-])F. The molecule has 0 N–H and O–H groups in total. The molecule has 0 saturated heterocycles. The zero-order chi connectivity index (χ0) is 18.8. The van der Waals surface area contributed by atoms with Crippen molar-refractivity contribution in [2.75, 3.05) is 0 Å². The summed E-state index contributed by atoms with van der Waals surface area (Å²) in [7, 11) is -5.42. The summed E-state index contributed by atoms with van der Waals surface area (Å²) < 4.78 is 35.3. The molecule has 5 aromatic rings. The average Bonchev–Trinajstić information content (AvgIpc) is 2.96. The van der Waals surface area contributed by atoms with Crippen molar-refractivity contribution in [2.45, 2.75) is 6.42 Å². The summed E-state index contributed by atoms with van der Waals surface area (Å²) in [6.45, 7) is 0. The molecule has 0 spiro atoms. The Kier molecular flexibility index (Phi) is 3.35. The minimum atomic E-state index is -5.42. The average molecular weight is 376 g/mol. The van der Waals surface area contributed by atoms with Gasteiger partial charge in [-0.2, -0.15) is 0 Å². The van der Waals surface area contributed by atoms with Crippen molar-refractivity contribution in [1.29, 1.82) is 0 Å².